The minimum absolute atomic E-state index is 0.173. The van der Waals surface area contributed by atoms with Crippen LogP contribution in [0, 0.1) is 0 Å². The van der Waals surface area contributed by atoms with Gasteiger partial charge in [-0.15, -0.1) is 0 Å². The van der Waals surface area contributed by atoms with Crippen molar-refractivity contribution in [2.24, 2.45) is 0 Å². The van der Waals surface area contributed by atoms with E-state index in [-0.39, 0.29) is 12.5 Å². The van der Waals surface area contributed by atoms with Crippen LogP contribution in [0.15, 0.2) is 30.3 Å². The molecule has 98 valence electrons. The normalized spacial score (nSPS) is 12.2. The topological polar surface area (TPSA) is 69.6 Å². The molecule has 1 aromatic rings. The lowest BCUT2D eigenvalue weighted by molar-refractivity contribution is -0.141. The first-order valence-electron chi connectivity index (χ1n) is 5.73. The fourth-order valence-electron chi connectivity index (χ4n) is 1.55. The molecule has 0 saturated carbocycles. The molecule has 0 saturated heterocycles. The van der Waals surface area contributed by atoms with Crippen LogP contribution in [0.3, 0.4) is 0 Å². The molecule has 0 spiro atoms. The van der Waals surface area contributed by atoms with Crippen LogP contribution in [0.4, 0.5) is 0 Å². The number of benzene rings is 1. The molecule has 5 heteroatoms. The third-order valence-corrected chi connectivity index (χ3v) is 2.46. The molecule has 0 aromatic heterocycles. The molecule has 0 heterocycles. The Morgan fingerprint density at radius 1 is 1.33 bits per heavy atom. The van der Waals surface area contributed by atoms with Crippen LogP contribution in [0.1, 0.15) is 12.5 Å². The number of hydrogen-bond donors (Lipinski definition) is 2. The highest BCUT2D eigenvalue weighted by Gasteiger charge is 2.14. The summed E-state index contributed by atoms with van der Waals surface area (Å²) in [5.41, 5.74) is 1.11. The van der Waals surface area contributed by atoms with Gasteiger partial charge in [0, 0.05) is 6.54 Å². The number of nitrogens with zero attached hydrogens (tertiary/aromatic N) is 1. The Kier molecular flexibility index (Phi) is 5.32. The van der Waals surface area contributed by atoms with Crippen LogP contribution < -0.4 is 5.32 Å². The summed E-state index contributed by atoms with van der Waals surface area (Å²) in [7, 11) is 1.82. The van der Waals surface area contributed by atoms with Crippen molar-refractivity contribution in [3.05, 3.63) is 35.9 Å². The largest absolute Gasteiger partial charge is 0.480 e. The monoisotopic (exact) mass is 250 g/mol. The summed E-state index contributed by atoms with van der Waals surface area (Å²) < 4.78 is 0. The van der Waals surface area contributed by atoms with Crippen molar-refractivity contribution in [3.63, 3.8) is 0 Å². The Labute approximate surface area is 106 Å². The molecule has 0 aliphatic carbocycles. The number of aliphatic carboxylic acids is 1. The Morgan fingerprint density at radius 2 is 1.94 bits per heavy atom. The van der Waals surface area contributed by atoms with Crippen molar-refractivity contribution in [1.29, 1.82) is 0 Å². The zero-order chi connectivity index (χ0) is 13.5. The van der Waals surface area contributed by atoms with Crippen molar-refractivity contribution in [3.8, 4) is 0 Å². The number of carbonyl (C=O) groups is 2. The van der Waals surface area contributed by atoms with Crippen LogP contribution >= 0.6 is 0 Å². The number of carboxylic acid groups (broad SMARTS) is 1. The molecule has 0 fully saturated rings. The Bertz CT molecular complexity index is 406. The van der Waals surface area contributed by atoms with Gasteiger partial charge in [-0.2, -0.15) is 0 Å². The number of amides is 1. The fourth-order valence-corrected chi connectivity index (χ4v) is 1.55. The molecular formula is C13H18N2O3. The average molecular weight is 250 g/mol. The van der Waals surface area contributed by atoms with E-state index in [4.69, 9.17) is 5.11 Å². The SMILES string of the molecule is CC(NC(=O)CN(C)Cc1ccccc1)C(=O)O. The van der Waals surface area contributed by atoms with E-state index in [2.05, 4.69) is 5.32 Å². The highest BCUT2D eigenvalue weighted by atomic mass is 16.4. The number of likely N-dealkylation sites (N-methyl/N-ethyl adjacent to an activating group) is 1. The highest BCUT2D eigenvalue weighted by molar-refractivity contribution is 5.84. The van der Waals surface area contributed by atoms with E-state index in [1.165, 1.54) is 6.92 Å². The van der Waals surface area contributed by atoms with E-state index < -0.39 is 12.0 Å². The molecule has 5 nitrogen and oxygen atoms in total. The number of carboxylic acids is 1. The molecule has 1 rings (SSSR count). The third kappa shape index (κ3) is 4.97. The molecule has 0 aliphatic rings. The Hall–Kier alpha value is -1.88. The summed E-state index contributed by atoms with van der Waals surface area (Å²) in [5, 5.41) is 11.1. The molecular weight excluding hydrogens is 232 g/mol. The summed E-state index contributed by atoms with van der Waals surface area (Å²) >= 11 is 0. The number of nitrogens with one attached hydrogen (secondary N) is 1. The minimum atomic E-state index is -1.03. The van der Waals surface area contributed by atoms with Gasteiger partial charge in [0.15, 0.2) is 0 Å². The van der Waals surface area contributed by atoms with Crippen LogP contribution in [-0.4, -0.2) is 41.5 Å². The summed E-state index contributed by atoms with van der Waals surface area (Å²) in [5.74, 6) is -1.32. The van der Waals surface area contributed by atoms with Gasteiger partial charge in [-0.1, -0.05) is 30.3 Å². The van der Waals surface area contributed by atoms with Crippen molar-refractivity contribution < 1.29 is 14.7 Å². The maximum Gasteiger partial charge on any atom is 0.325 e. The Morgan fingerprint density at radius 3 is 2.50 bits per heavy atom. The van der Waals surface area contributed by atoms with Crippen molar-refractivity contribution >= 4 is 11.9 Å². The third-order valence-electron chi connectivity index (χ3n) is 2.46. The van der Waals surface area contributed by atoms with Crippen molar-refractivity contribution in [1.82, 2.24) is 10.2 Å². The summed E-state index contributed by atoms with van der Waals surface area (Å²) in [6, 6.07) is 8.92. The van der Waals surface area contributed by atoms with Gasteiger partial charge < -0.3 is 10.4 Å². The van der Waals surface area contributed by atoms with Gasteiger partial charge >= 0.3 is 5.97 Å². The summed E-state index contributed by atoms with van der Waals surface area (Å²) in [6.45, 7) is 2.26. The van der Waals surface area contributed by atoms with Crippen LogP contribution in [0.2, 0.25) is 0 Å². The Balaban J connectivity index is 2.38. The lowest BCUT2D eigenvalue weighted by Gasteiger charge is -2.17. The van der Waals surface area contributed by atoms with E-state index in [1.807, 2.05) is 42.3 Å². The van der Waals surface area contributed by atoms with Gasteiger partial charge in [0.25, 0.3) is 0 Å². The summed E-state index contributed by atoms with van der Waals surface area (Å²) in [6.07, 6.45) is 0. The van der Waals surface area contributed by atoms with E-state index >= 15 is 0 Å². The quantitative estimate of drug-likeness (QED) is 0.780. The highest BCUT2D eigenvalue weighted by Crippen LogP contribution is 2.01. The lowest BCUT2D eigenvalue weighted by Crippen LogP contribution is -2.43. The van der Waals surface area contributed by atoms with E-state index in [0.717, 1.165) is 5.56 Å². The maximum atomic E-state index is 11.5. The molecule has 18 heavy (non-hydrogen) atoms. The number of rotatable bonds is 6. The molecule has 1 atom stereocenters. The predicted octanol–water partition coefficient (Wildman–Crippen LogP) is 0.708. The van der Waals surface area contributed by atoms with E-state index in [9.17, 15) is 9.59 Å². The molecule has 1 aromatic carbocycles. The first-order valence-corrected chi connectivity index (χ1v) is 5.73. The lowest BCUT2D eigenvalue weighted by atomic mass is 10.2. The standard InChI is InChI=1S/C13H18N2O3/c1-10(13(17)18)14-12(16)9-15(2)8-11-6-4-3-5-7-11/h3-7,10H,8-9H2,1-2H3,(H,14,16)(H,17,18). The molecule has 1 unspecified atom stereocenters. The molecule has 1 amide bonds. The second-order valence-electron chi connectivity index (χ2n) is 4.29. The van der Waals surface area contributed by atoms with Crippen molar-refractivity contribution in [2.45, 2.75) is 19.5 Å². The molecule has 0 radical (unpaired) electrons. The van der Waals surface area contributed by atoms with Crippen LogP contribution in [-0.2, 0) is 16.1 Å². The van der Waals surface area contributed by atoms with E-state index in [1.54, 1.807) is 0 Å². The predicted molar refractivity (Wildman–Crippen MR) is 68.0 cm³/mol. The number of hydrogen-bond acceptors (Lipinski definition) is 3. The maximum absolute atomic E-state index is 11.5. The zero-order valence-electron chi connectivity index (χ0n) is 10.6. The second kappa shape index (κ2) is 6.76. The van der Waals surface area contributed by atoms with Crippen LogP contribution in [0.25, 0.3) is 0 Å². The molecule has 2 N–H and O–H groups in total. The van der Waals surface area contributed by atoms with Crippen molar-refractivity contribution in [2.75, 3.05) is 13.6 Å². The van der Waals surface area contributed by atoms with Gasteiger partial charge in [0.2, 0.25) is 5.91 Å². The zero-order valence-corrected chi connectivity index (χ0v) is 10.6. The van der Waals surface area contributed by atoms with Gasteiger partial charge in [-0.25, -0.2) is 0 Å². The van der Waals surface area contributed by atoms with Gasteiger partial charge in [-0.05, 0) is 19.5 Å². The molecule has 0 aliphatic heterocycles. The minimum Gasteiger partial charge on any atom is -0.480 e. The first kappa shape index (κ1) is 14.2. The second-order valence-corrected chi connectivity index (χ2v) is 4.29. The van der Waals surface area contributed by atoms with Gasteiger partial charge in [0.05, 0.1) is 6.54 Å². The average Bonchev–Trinajstić information content (AvgIpc) is 2.29. The van der Waals surface area contributed by atoms with Crippen LogP contribution in [0.5, 0.6) is 0 Å². The van der Waals surface area contributed by atoms with Gasteiger partial charge in [0.1, 0.15) is 6.04 Å². The van der Waals surface area contributed by atoms with Gasteiger partial charge in [-0.3, -0.25) is 14.5 Å². The summed E-state index contributed by atoms with van der Waals surface area (Å²) in [4.78, 5) is 24.0. The fraction of sp³-hybridized carbons (Fsp3) is 0.385. The molecule has 0 bridgehead atoms. The smallest absolute Gasteiger partial charge is 0.325 e. The van der Waals surface area contributed by atoms with E-state index in [0.29, 0.717) is 6.54 Å². The number of carbonyl (C=O) groups excluding carboxylic acids is 1. The first-order chi connectivity index (χ1) is 8.49.